The molecule has 4 aromatic rings. The van der Waals surface area contributed by atoms with Gasteiger partial charge in [-0.2, -0.15) is 0 Å². The highest BCUT2D eigenvalue weighted by molar-refractivity contribution is 7.92. The van der Waals surface area contributed by atoms with Crippen LogP contribution in [0.5, 0.6) is 0 Å². The van der Waals surface area contributed by atoms with E-state index in [0.29, 0.717) is 5.13 Å². The summed E-state index contributed by atoms with van der Waals surface area (Å²) in [4.78, 5) is 21.2. The average Bonchev–Trinajstić information content (AvgIpc) is 3.23. The van der Waals surface area contributed by atoms with Crippen LogP contribution in [-0.4, -0.2) is 24.3 Å². The molecule has 0 saturated carbocycles. The minimum Gasteiger partial charge on any atom is -0.298 e. The Morgan fingerprint density at radius 3 is 2.48 bits per heavy atom. The van der Waals surface area contributed by atoms with Gasteiger partial charge in [0.05, 0.1) is 10.6 Å². The molecule has 1 amide bonds. The van der Waals surface area contributed by atoms with Gasteiger partial charge in [0.2, 0.25) is 0 Å². The van der Waals surface area contributed by atoms with Gasteiger partial charge in [-0.25, -0.2) is 18.4 Å². The van der Waals surface area contributed by atoms with Crippen LogP contribution >= 0.6 is 11.3 Å². The fourth-order valence-corrected chi connectivity index (χ4v) is 4.50. The van der Waals surface area contributed by atoms with Gasteiger partial charge in [0.25, 0.3) is 15.9 Å². The van der Waals surface area contributed by atoms with E-state index in [1.807, 2.05) is 42.6 Å². The second-order valence-corrected chi connectivity index (χ2v) is 9.25. The standard InChI is InChI=1S/C22H18N4O3S2/c1-15-7-9-18(10-8-15)31(28,29)26-20-13-17(11-12-23-20)21(27)25-22-24-19(14-30-22)16-5-3-2-4-6-16/h2-14H,1H3,(H,23,26)(H,24,25,27). The maximum atomic E-state index is 12.6. The molecule has 2 aromatic carbocycles. The predicted molar refractivity (Wildman–Crippen MR) is 122 cm³/mol. The summed E-state index contributed by atoms with van der Waals surface area (Å²) >= 11 is 1.31. The van der Waals surface area contributed by atoms with Gasteiger partial charge in [-0.3, -0.25) is 14.8 Å². The summed E-state index contributed by atoms with van der Waals surface area (Å²) < 4.78 is 27.5. The van der Waals surface area contributed by atoms with Crippen LogP contribution in [0.2, 0.25) is 0 Å². The molecule has 0 radical (unpaired) electrons. The summed E-state index contributed by atoms with van der Waals surface area (Å²) in [6.45, 7) is 1.87. The number of pyridine rings is 1. The van der Waals surface area contributed by atoms with Crippen molar-refractivity contribution in [3.8, 4) is 11.3 Å². The summed E-state index contributed by atoms with van der Waals surface area (Å²) in [5, 5.41) is 5.05. The monoisotopic (exact) mass is 450 g/mol. The fourth-order valence-electron chi connectivity index (χ4n) is 2.78. The first kappa shape index (κ1) is 20.7. The lowest BCUT2D eigenvalue weighted by Crippen LogP contribution is -2.16. The SMILES string of the molecule is Cc1ccc(S(=O)(=O)Nc2cc(C(=O)Nc3nc(-c4ccccc4)cs3)ccn2)cc1. The topological polar surface area (TPSA) is 101 Å². The summed E-state index contributed by atoms with van der Waals surface area (Å²) in [6.07, 6.45) is 1.37. The Bertz CT molecular complexity index is 1320. The van der Waals surface area contributed by atoms with E-state index in [-0.39, 0.29) is 16.3 Å². The van der Waals surface area contributed by atoms with Crippen molar-refractivity contribution in [3.63, 3.8) is 0 Å². The lowest BCUT2D eigenvalue weighted by atomic mass is 10.2. The molecule has 31 heavy (non-hydrogen) atoms. The molecular weight excluding hydrogens is 432 g/mol. The minimum absolute atomic E-state index is 0.0531. The van der Waals surface area contributed by atoms with Crippen LogP contribution in [0.3, 0.4) is 0 Å². The van der Waals surface area contributed by atoms with Crippen LogP contribution < -0.4 is 10.0 Å². The molecule has 0 aliphatic heterocycles. The van der Waals surface area contributed by atoms with E-state index in [0.717, 1.165) is 16.8 Å². The van der Waals surface area contributed by atoms with Gasteiger partial charge < -0.3 is 0 Å². The maximum absolute atomic E-state index is 12.6. The number of hydrogen-bond acceptors (Lipinski definition) is 6. The van der Waals surface area contributed by atoms with Crippen molar-refractivity contribution < 1.29 is 13.2 Å². The molecule has 156 valence electrons. The van der Waals surface area contributed by atoms with Crippen molar-refractivity contribution in [2.24, 2.45) is 0 Å². The zero-order chi connectivity index (χ0) is 21.8. The molecule has 0 unspecified atom stereocenters. The number of nitrogens with zero attached hydrogens (tertiary/aromatic N) is 2. The van der Waals surface area contributed by atoms with Crippen LogP contribution in [0.25, 0.3) is 11.3 Å². The minimum atomic E-state index is -3.81. The van der Waals surface area contributed by atoms with Crippen molar-refractivity contribution in [3.05, 3.63) is 89.4 Å². The number of nitrogens with one attached hydrogen (secondary N) is 2. The third kappa shape index (κ3) is 4.96. The van der Waals surface area contributed by atoms with Gasteiger partial charge >= 0.3 is 0 Å². The Hall–Kier alpha value is -3.56. The molecule has 0 aliphatic carbocycles. The average molecular weight is 451 g/mol. The number of anilines is 2. The molecule has 2 aromatic heterocycles. The largest absolute Gasteiger partial charge is 0.298 e. The summed E-state index contributed by atoms with van der Waals surface area (Å²) in [6, 6.07) is 19.0. The van der Waals surface area contributed by atoms with Crippen LogP contribution in [0.15, 0.2) is 83.2 Å². The van der Waals surface area contributed by atoms with E-state index in [9.17, 15) is 13.2 Å². The second-order valence-electron chi connectivity index (χ2n) is 6.71. The second kappa shape index (κ2) is 8.66. The van der Waals surface area contributed by atoms with E-state index >= 15 is 0 Å². The highest BCUT2D eigenvalue weighted by Gasteiger charge is 2.16. The summed E-state index contributed by atoms with van der Waals surface area (Å²) in [5.41, 5.74) is 2.93. The lowest BCUT2D eigenvalue weighted by Gasteiger charge is -2.09. The van der Waals surface area contributed by atoms with E-state index in [2.05, 4.69) is 20.0 Å². The number of thiazole rings is 1. The van der Waals surface area contributed by atoms with Gasteiger partial charge in [-0.05, 0) is 31.2 Å². The van der Waals surface area contributed by atoms with Crippen molar-refractivity contribution >= 4 is 38.2 Å². The van der Waals surface area contributed by atoms with E-state index < -0.39 is 15.9 Å². The zero-order valence-corrected chi connectivity index (χ0v) is 18.1. The number of rotatable bonds is 6. The molecule has 9 heteroatoms. The van der Waals surface area contributed by atoms with Crippen molar-refractivity contribution in [1.82, 2.24) is 9.97 Å². The normalized spacial score (nSPS) is 11.1. The first-order chi connectivity index (χ1) is 14.9. The van der Waals surface area contributed by atoms with E-state index in [1.165, 1.54) is 41.8 Å². The molecule has 0 aliphatic rings. The third-order valence-electron chi connectivity index (χ3n) is 4.39. The van der Waals surface area contributed by atoms with E-state index in [1.54, 1.807) is 12.1 Å². The number of aryl methyl sites for hydroxylation is 1. The first-order valence-electron chi connectivity index (χ1n) is 9.28. The highest BCUT2D eigenvalue weighted by atomic mass is 32.2. The van der Waals surface area contributed by atoms with Crippen molar-refractivity contribution in [2.75, 3.05) is 10.0 Å². The molecule has 2 N–H and O–H groups in total. The van der Waals surface area contributed by atoms with E-state index in [4.69, 9.17) is 0 Å². The molecule has 2 heterocycles. The van der Waals surface area contributed by atoms with Crippen LogP contribution in [-0.2, 0) is 10.0 Å². The number of sulfonamides is 1. The Morgan fingerprint density at radius 1 is 1.00 bits per heavy atom. The van der Waals surface area contributed by atoms with Crippen LogP contribution in [0, 0.1) is 6.92 Å². The molecule has 0 atom stereocenters. The number of hydrogen-bond donors (Lipinski definition) is 2. The fraction of sp³-hybridized carbons (Fsp3) is 0.0455. The number of amides is 1. The highest BCUT2D eigenvalue weighted by Crippen LogP contribution is 2.25. The maximum Gasteiger partial charge on any atom is 0.263 e. The molecule has 0 saturated heterocycles. The van der Waals surface area contributed by atoms with Gasteiger partial charge in [0.15, 0.2) is 5.13 Å². The van der Waals surface area contributed by atoms with Crippen molar-refractivity contribution in [2.45, 2.75) is 11.8 Å². The summed E-state index contributed by atoms with van der Waals surface area (Å²) in [5.74, 6) is -0.357. The van der Waals surface area contributed by atoms with Gasteiger partial charge in [0.1, 0.15) is 5.82 Å². The molecule has 0 bridgehead atoms. The predicted octanol–water partition coefficient (Wildman–Crippen LogP) is 4.57. The number of carbonyl (C=O) groups excluding carboxylic acids is 1. The summed E-state index contributed by atoms with van der Waals surface area (Å²) in [7, 11) is -3.81. The first-order valence-corrected chi connectivity index (χ1v) is 11.6. The smallest absolute Gasteiger partial charge is 0.263 e. The molecule has 7 nitrogen and oxygen atoms in total. The van der Waals surface area contributed by atoms with Crippen LogP contribution in [0.1, 0.15) is 15.9 Å². The van der Waals surface area contributed by atoms with Crippen molar-refractivity contribution in [1.29, 1.82) is 0 Å². The Labute approximate surface area is 183 Å². The zero-order valence-electron chi connectivity index (χ0n) is 16.4. The molecular formula is C22H18N4O3S2. The van der Waals surface area contributed by atoms with Gasteiger partial charge in [-0.1, -0.05) is 48.0 Å². The number of benzene rings is 2. The molecule has 4 rings (SSSR count). The van der Waals surface area contributed by atoms with Gasteiger partial charge in [0, 0.05) is 22.7 Å². The number of carbonyl (C=O) groups is 1. The quantitative estimate of drug-likeness (QED) is 0.448. The lowest BCUT2D eigenvalue weighted by molar-refractivity contribution is 0.102. The number of aromatic nitrogens is 2. The Morgan fingerprint density at radius 2 is 1.74 bits per heavy atom. The Balaban J connectivity index is 1.48. The molecule has 0 fully saturated rings. The van der Waals surface area contributed by atoms with Gasteiger partial charge in [-0.15, -0.1) is 11.3 Å². The third-order valence-corrected chi connectivity index (χ3v) is 6.51. The Kier molecular flexibility index (Phi) is 5.79. The molecule has 0 spiro atoms. The van der Waals surface area contributed by atoms with Crippen LogP contribution in [0.4, 0.5) is 10.9 Å².